The smallest absolute Gasteiger partial charge is 0.239 e. The van der Waals surface area contributed by atoms with E-state index in [-0.39, 0.29) is 24.4 Å². The third-order valence-electron chi connectivity index (χ3n) is 3.15. The van der Waals surface area contributed by atoms with E-state index in [9.17, 15) is 4.79 Å². The lowest BCUT2D eigenvalue weighted by molar-refractivity contribution is -0.135. The van der Waals surface area contributed by atoms with E-state index >= 15 is 0 Å². The molecule has 0 radical (unpaired) electrons. The highest BCUT2D eigenvalue weighted by atomic mass is 35.5. The van der Waals surface area contributed by atoms with Crippen LogP contribution in [0, 0.1) is 0 Å². The van der Waals surface area contributed by atoms with Gasteiger partial charge in [-0.05, 0) is 36.8 Å². The summed E-state index contributed by atoms with van der Waals surface area (Å²) in [5.41, 5.74) is 7.02. The van der Waals surface area contributed by atoms with E-state index in [0.29, 0.717) is 0 Å². The molecule has 1 unspecified atom stereocenters. The zero-order valence-electron chi connectivity index (χ0n) is 10.2. The molecule has 96 valence electrons. The van der Waals surface area contributed by atoms with Gasteiger partial charge in [0.1, 0.15) is 0 Å². The van der Waals surface area contributed by atoms with Crippen LogP contribution < -0.4 is 5.73 Å². The Balaban J connectivity index is 0.00000144. The molecule has 0 bridgehead atoms. The number of hydrogen-bond acceptors (Lipinski definition) is 3. The van der Waals surface area contributed by atoms with Crippen LogP contribution in [-0.4, -0.2) is 23.4 Å². The van der Waals surface area contributed by atoms with Crippen molar-refractivity contribution >= 4 is 29.7 Å². The van der Waals surface area contributed by atoms with Crippen LogP contribution in [0.5, 0.6) is 0 Å². The van der Waals surface area contributed by atoms with Crippen molar-refractivity contribution in [3.05, 3.63) is 21.9 Å². The normalized spacial score (nSPS) is 20.4. The van der Waals surface area contributed by atoms with Gasteiger partial charge in [-0.1, -0.05) is 6.92 Å². The fraction of sp³-hybridized carbons (Fsp3) is 0.583. The lowest BCUT2D eigenvalue weighted by atomic mass is 9.97. The first-order valence-corrected chi connectivity index (χ1v) is 6.65. The monoisotopic (exact) mass is 274 g/mol. The zero-order valence-corrected chi connectivity index (χ0v) is 11.8. The SMILES string of the molecule is CCC1c2ccsc2CCN1C(=O)[C@H](C)N.Cl. The van der Waals surface area contributed by atoms with Crippen LogP contribution in [0.25, 0.3) is 0 Å². The summed E-state index contributed by atoms with van der Waals surface area (Å²) in [7, 11) is 0. The maximum Gasteiger partial charge on any atom is 0.239 e. The number of fused-ring (bicyclic) bond motifs is 1. The van der Waals surface area contributed by atoms with Gasteiger partial charge in [-0.2, -0.15) is 0 Å². The second-order valence-corrected chi connectivity index (χ2v) is 5.29. The Morgan fingerprint density at radius 2 is 2.41 bits per heavy atom. The molecule has 2 N–H and O–H groups in total. The number of carbonyl (C=O) groups is 1. The van der Waals surface area contributed by atoms with Crippen LogP contribution in [0.1, 0.15) is 36.8 Å². The van der Waals surface area contributed by atoms with Gasteiger partial charge in [0.25, 0.3) is 0 Å². The summed E-state index contributed by atoms with van der Waals surface area (Å²) < 4.78 is 0. The molecule has 2 heterocycles. The van der Waals surface area contributed by atoms with Crippen molar-refractivity contribution in [1.29, 1.82) is 0 Å². The van der Waals surface area contributed by atoms with Crippen LogP contribution in [0.15, 0.2) is 11.4 Å². The fourth-order valence-corrected chi connectivity index (χ4v) is 3.29. The Morgan fingerprint density at radius 1 is 1.71 bits per heavy atom. The van der Waals surface area contributed by atoms with Crippen LogP contribution in [0.2, 0.25) is 0 Å². The molecule has 2 atom stereocenters. The molecule has 0 spiro atoms. The topological polar surface area (TPSA) is 46.3 Å². The molecule has 3 nitrogen and oxygen atoms in total. The molecule has 0 saturated carbocycles. The lowest BCUT2D eigenvalue weighted by Gasteiger charge is -2.36. The van der Waals surface area contributed by atoms with Gasteiger partial charge in [0, 0.05) is 11.4 Å². The summed E-state index contributed by atoms with van der Waals surface area (Å²) in [5.74, 6) is 0.0729. The maximum absolute atomic E-state index is 12.0. The second kappa shape index (κ2) is 5.85. The Hall–Kier alpha value is -0.580. The summed E-state index contributed by atoms with van der Waals surface area (Å²) in [6.07, 6.45) is 1.93. The molecule has 1 aromatic heterocycles. The van der Waals surface area contributed by atoms with E-state index in [1.807, 2.05) is 4.90 Å². The Kier molecular flexibility index (Phi) is 4.98. The van der Waals surface area contributed by atoms with Crippen molar-refractivity contribution in [1.82, 2.24) is 4.90 Å². The Morgan fingerprint density at radius 3 is 3.00 bits per heavy atom. The van der Waals surface area contributed by atoms with Crippen molar-refractivity contribution in [2.75, 3.05) is 6.54 Å². The molecular weight excluding hydrogens is 256 g/mol. The first-order valence-electron chi connectivity index (χ1n) is 5.77. The standard InChI is InChI=1S/C12H18N2OS.ClH/c1-3-10-9-5-7-16-11(9)4-6-14(10)12(15)8(2)13;/h5,7-8,10H,3-4,6,13H2,1-2H3;1H/t8-,10?;/m0./s1. The average molecular weight is 275 g/mol. The molecule has 17 heavy (non-hydrogen) atoms. The van der Waals surface area contributed by atoms with E-state index in [2.05, 4.69) is 18.4 Å². The van der Waals surface area contributed by atoms with Gasteiger partial charge in [-0.25, -0.2) is 0 Å². The zero-order chi connectivity index (χ0) is 11.7. The van der Waals surface area contributed by atoms with Crippen LogP contribution >= 0.6 is 23.7 Å². The molecular formula is C12H19ClN2OS. The molecule has 0 saturated heterocycles. The van der Waals surface area contributed by atoms with Gasteiger partial charge in [0.2, 0.25) is 5.91 Å². The van der Waals surface area contributed by atoms with Crippen molar-refractivity contribution < 1.29 is 4.79 Å². The lowest BCUT2D eigenvalue weighted by Crippen LogP contribution is -2.46. The van der Waals surface area contributed by atoms with E-state index in [1.54, 1.807) is 18.3 Å². The molecule has 2 rings (SSSR count). The van der Waals surface area contributed by atoms with Crippen LogP contribution in [0.4, 0.5) is 0 Å². The first-order chi connectivity index (χ1) is 7.65. The van der Waals surface area contributed by atoms with Crippen LogP contribution in [-0.2, 0) is 11.2 Å². The summed E-state index contributed by atoms with van der Waals surface area (Å²) in [6.45, 7) is 4.70. The quantitative estimate of drug-likeness (QED) is 0.900. The largest absolute Gasteiger partial charge is 0.334 e. The number of halogens is 1. The number of nitrogens with zero attached hydrogens (tertiary/aromatic N) is 1. The van der Waals surface area contributed by atoms with Crippen molar-refractivity contribution in [2.24, 2.45) is 5.73 Å². The summed E-state index contributed by atoms with van der Waals surface area (Å²) in [5, 5.41) is 2.12. The van der Waals surface area contributed by atoms with E-state index < -0.39 is 6.04 Å². The number of hydrogen-bond donors (Lipinski definition) is 1. The molecule has 0 aromatic carbocycles. The van der Waals surface area contributed by atoms with Gasteiger partial charge in [0.15, 0.2) is 0 Å². The molecule has 1 aliphatic rings. The number of amides is 1. The molecule has 0 fully saturated rings. The van der Waals surface area contributed by atoms with E-state index in [1.165, 1.54) is 10.4 Å². The predicted molar refractivity (Wildman–Crippen MR) is 73.7 cm³/mol. The molecule has 1 amide bonds. The minimum absolute atomic E-state index is 0. The van der Waals surface area contributed by atoms with Crippen LogP contribution in [0.3, 0.4) is 0 Å². The molecule has 0 aliphatic carbocycles. The third kappa shape index (κ3) is 2.64. The van der Waals surface area contributed by atoms with E-state index in [4.69, 9.17) is 5.73 Å². The Labute approximate surface area is 112 Å². The average Bonchev–Trinajstić information content (AvgIpc) is 2.74. The minimum atomic E-state index is -0.394. The molecule has 5 heteroatoms. The third-order valence-corrected chi connectivity index (χ3v) is 4.15. The Bertz CT molecular complexity index is 392. The number of carbonyl (C=O) groups excluding carboxylic acids is 1. The molecule has 1 aromatic rings. The second-order valence-electron chi connectivity index (χ2n) is 4.29. The van der Waals surface area contributed by atoms with Gasteiger partial charge in [-0.3, -0.25) is 4.79 Å². The van der Waals surface area contributed by atoms with Gasteiger partial charge >= 0.3 is 0 Å². The number of rotatable bonds is 2. The minimum Gasteiger partial charge on any atom is -0.334 e. The van der Waals surface area contributed by atoms with Gasteiger partial charge in [0.05, 0.1) is 12.1 Å². The number of nitrogens with two attached hydrogens (primary N) is 1. The van der Waals surface area contributed by atoms with Crippen molar-refractivity contribution in [3.63, 3.8) is 0 Å². The highest BCUT2D eigenvalue weighted by Crippen LogP contribution is 2.35. The number of thiophene rings is 1. The first kappa shape index (κ1) is 14.5. The highest BCUT2D eigenvalue weighted by molar-refractivity contribution is 7.10. The maximum atomic E-state index is 12.0. The predicted octanol–water partition coefficient (Wildman–Crippen LogP) is 2.35. The highest BCUT2D eigenvalue weighted by Gasteiger charge is 2.31. The summed E-state index contributed by atoms with van der Waals surface area (Å²) in [4.78, 5) is 15.4. The van der Waals surface area contributed by atoms with Crippen molar-refractivity contribution in [2.45, 2.75) is 38.8 Å². The summed E-state index contributed by atoms with van der Waals surface area (Å²) in [6, 6.07) is 1.98. The van der Waals surface area contributed by atoms with E-state index in [0.717, 1.165) is 19.4 Å². The van der Waals surface area contributed by atoms with Crippen molar-refractivity contribution in [3.8, 4) is 0 Å². The summed E-state index contributed by atoms with van der Waals surface area (Å²) >= 11 is 1.80. The fourth-order valence-electron chi connectivity index (χ4n) is 2.36. The van der Waals surface area contributed by atoms with Gasteiger partial charge in [-0.15, -0.1) is 23.7 Å². The van der Waals surface area contributed by atoms with Gasteiger partial charge < -0.3 is 10.6 Å². The molecule has 1 aliphatic heterocycles.